The lowest BCUT2D eigenvalue weighted by atomic mass is 10.1. The summed E-state index contributed by atoms with van der Waals surface area (Å²) < 4.78 is 11.9. The van der Waals surface area contributed by atoms with Gasteiger partial charge in [-0.15, -0.1) is 0 Å². The van der Waals surface area contributed by atoms with Gasteiger partial charge in [-0.05, 0) is 31.2 Å². The molecule has 2 aromatic heterocycles. The maximum absolute atomic E-state index is 12.2. The fourth-order valence-corrected chi connectivity index (χ4v) is 2.85. The Morgan fingerprint density at radius 1 is 1.04 bits per heavy atom. The van der Waals surface area contributed by atoms with E-state index in [1.54, 1.807) is 13.2 Å². The first-order valence-corrected chi connectivity index (χ1v) is 8.74. The Morgan fingerprint density at radius 2 is 1.86 bits per heavy atom. The zero-order valence-corrected chi connectivity index (χ0v) is 15.5. The SMILES string of the molecule is COc1cccc(-c2ccc(=O)n(Cc3nc(-c4cccc(C)c4)no3)n2)c1. The van der Waals surface area contributed by atoms with Gasteiger partial charge >= 0.3 is 0 Å². The van der Waals surface area contributed by atoms with E-state index in [2.05, 4.69) is 15.2 Å². The van der Waals surface area contributed by atoms with Crippen LogP contribution in [-0.2, 0) is 6.54 Å². The highest BCUT2D eigenvalue weighted by atomic mass is 16.5. The smallest absolute Gasteiger partial charge is 0.267 e. The zero-order chi connectivity index (χ0) is 19.5. The van der Waals surface area contributed by atoms with Crippen LogP contribution in [0.3, 0.4) is 0 Å². The predicted octanol–water partition coefficient (Wildman–Crippen LogP) is 3.33. The van der Waals surface area contributed by atoms with Crippen LogP contribution in [0.15, 0.2) is 70.0 Å². The molecule has 7 nitrogen and oxygen atoms in total. The third-order valence-corrected chi connectivity index (χ3v) is 4.26. The number of rotatable bonds is 5. The van der Waals surface area contributed by atoms with E-state index in [1.807, 2.05) is 55.5 Å². The van der Waals surface area contributed by atoms with Gasteiger partial charge in [0.1, 0.15) is 12.3 Å². The van der Waals surface area contributed by atoms with Crippen molar-refractivity contribution in [2.24, 2.45) is 0 Å². The average molecular weight is 374 g/mol. The van der Waals surface area contributed by atoms with Gasteiger partial charge in [0, 0.05) is 17.2 Å². The van der Waals surface area contributed by atoms with Crippen molar-refractivity contribution in [2.45, 2.75) is 13.5 Å². The van der Waals surface area contributed by atoms with E-state index in [0.29, 0.717) is 17.4 Å². The standard InChI is InChI=1S/C21H18N4O3/c1-14-5-3-7-16(11-14)21-22-19(28-24-21)13-25-20(26)10-9-18(23-25)15-6-4-8-17(12-15)27-2/h3-12H,13H2,1-2H3. The normalized spacial score (nSPS) is 10.8. The molecule has 0 aliphatic heterocycles. The van der Waals surface area contributed by atoms with Crippen molar-refractivity contribution in [3.8, 4) is 28.4 Å². The lowest BCUT2D eigenvalue weighted by Gasteiger charge is -2.06. The second kappa shape index (κ2) is 7.48. The van der Waals surface area contributed by atoms with E-state index in [-0.39, 0.29) is 12.1 Å². The molecule has 4 aromatic rings. The molecule has 2 aromatic carbocycles. The maximum atomic E-state index is 12.2. The summed E-state index contributed by atoms with van der Waals surface area (Å²) >= 11 is 0. The van der Waals surface area contributed by atoms with E-state index in [9.17, 15) is 4.79 Å². The minimum absolute atomic E-state index is 0.0927. The molecular weight excluding hydrogens is 356 g/mol. The van der Waals surface area contributed by atoms with E-state index >= 15 is 0 Å². The molecule has 140 valence electrons. The van der Waals surface area contributed by atoms with Crippen LogP contribution in [0.25, 0.3) is 22.6 Å². The van der Waals surface area contributed by atoms with Crippen LogP contribution >= 0.6 is 0 Å². The average Bonchev–Trinajstić information content (AvgIpc) is 3.18. The number of methoxy groups -OCH3 is 1. The van der Waals surface area contributed by atoms with Crippen molar-refractivity contribution < 1.29 is 9.26 Å². The molecule has 28 heavy (non-hydrogen) atoms. The van der Waals surface area contributed by atoms with Crippen LogP contribution < -0.4 is 10.3 Å². The summed E-state index contributed by atoms with van der Waals surface area (Å²) in [7, 11) is 1.61. The van der Waals surface area contributed by atoms with Gasteiger partial charge in [-0.2, -0.15) is 10.1 Å². The Balaban J connectivity index is 1.62. The largest absolute Gasteiger partial charge is 0.497 e. The van der Waals surface area contributed by atoms with Gasteiger partial charge in [0.15, 0.2) is 0 Å². The van der Waals surface area contributed by atoms with Crippen LogP contribution in [0.4, 0.5) is 0 Å². The van der Waals surface area contributed by atoms with E-state index < -0.39 is 0 Å². The predicted molar refractivity (Wildman–Crippen MR) is 104 cm³/mol. The summed E-state index contributed by atoms with van der Waals surface area (Å²) in [5.41, 5.74) is 3.21. The molecule has 0 unspecified atom stereocenters. The van der Waals surface area contributed by atoms with E-state index in [1.165, 1.54) is 10.7 Å². The summed E-state index contributed by atoms with van der Waals surface area (Å²) in [6.45, 7) is 2.09. The lowest BCUT2D eigenvalue weighted by Crippen LogP contribution is -2.23. The number of hydrogen-bond donors (Lipinski definition) is 0. The van der Waals surface area contributed by atoms with Gasteiger partial charge in [-0.3, -0.25) is 4.79 Å². The second-order valence-electron chi connectivity index (χ2n) is 6.33. The van der Waals surface area contributed by atoms with Crippen molar-refractivity contribution in [2.75, 3.05) is 7.11 Å². The van der Waals surface area contributed by atoms with Gasteiger partial charge in [-0.1, -0.05) is 41.1 Å². The molecule has 2 heterocycles. The highest BCUT2D eigenvalue weighted by Gasteiger charge is 2.12. The first-order valence-electron chi connectivity index (χ1n) is 8.74. The lowest BCUT2D eigenvalue weighted by molar-refractivity contribution is 0.363. The van der Waals surface area contributed by atoms with Crippen LogP contribution in [-0.4, -0.2) is 27.0 Å². The molecule has 0 N–H and O–H groups in total. The first kappa shape index (κ1) is 17.7. The van der Waals surface area contributed by atoms with Crippen molar-refractivity contribution in [3.63, 3.8) is 0 Å². The van der Waals surface area contributed by atoms with Crippen LogP contribution in [0.1, 0.15) is 11.5 Å². The fourth-order valence-electron chi connectivity index (χ4n) is 2.85. The molecular formula is C21H18N4O3. The number of ether oxygens (including phenoxy) is 1. The summed E-state index contributed by atoms with van der Waals surface area (Å²) in [5.74, 6) is 1.52. The highest BCUT2D eigenvalue weighted by Crippen LogP contribution is 2.21. The Morgan fingerprint density at radius 3 is 2.68 bits per heavy atom. The van der Waals surface area contributed by atoms with Crippen molar-refractivity contribution in [3.05, 3.63) is 82.5 Å². The molecule has 0 radical (unpaired) electrons. The van der Waals surface area contributed by atoms with Crippen molar-refractivity contribution in [1.82, 2.24) is 19.9 Å². The highest BCUT2D eigenvalue weighted by molar-refractivity contribution is 5.60. The fraction of sp³-hybridized carbons (Fsp3) is 0.143. The Labute approximate surface area is 161 Å². The monoisotopic (exact) mass is 374 g/mol. The molecule has 0 amide bonds. The van der Waals surface area contributed by atoms with Gasteiger partial charge in [0.2, 0.25) is 11.7 Å². The van der Waals surface area contributed by atoms with E-state index in [0.717, 1.165) is 22.4 Å². The maximum Gasteiger partial charge on any atom is 0.267 e. The molecule has 0 atom stereocenters. The van der Waals surface area contributed by atoms with Gasteiger partial charge in [-0.25, -0.2) is 4.68 Å². The number of benzene rings is 2. The Hall–Kier alpha value is -3.74. The molecule has 0 aliphatic carbocycles. The minimum atomic E-state index is -0.248. The minimum Gasteiger partial charge on any atom is -0.497 e. The Kier molecular flexibility index (Phi) is 4.72. The number of aryl methyl sites for hydroxylation is 1. The molecule has 0 spiro atoms. The summed E-state index contributed by atoms with van der Waals surface area (Å²) in [6, 6.07) is 18.5. The number of nitrogens with zero attached hydrogens (tertiary/aromatic N) is 4. The van der Waals surface area contributed by atoms with Crippen molar-refractivity contribution in [1.29, 1.82) is 0 Å². The summed E-state index contributed by atoms with van der Waals surface area (Å²) in [5, 5.41) is 8.44. The quantitative estimate of drug-likeness (QED) is 0.533. The van der Waals surface area contributed by atoms with E-state index in [4.69, 9.17) is 9.26 Å². The summed E-state index contributed by atoms with van der Waals surface area (Å²) in [6.07, 6.45) is 0. The third kappa shape index (κ3) is 3.68. The molecule has 0 bridgehead atoms. The molecule has 7 heteroatoms. The Bertz CT molecular complexity index is 1180. The van der Waals surface area contributed by atoms with Crippen LogP contribution in [0.2, 0.25) is 0 Å². The number of hydrogen-bond acceptors (Lipinski definition) is 6. The van der Waals surface area contributed by atoms with Crippen molar-refractivity contribution >= 4 is 0 Å². The molecule has 0 fully saturated rings. The second-order valence-corrected chi connectivity index (χ2v) is 6.33. The molecule has 0 saturated heterocycles. The third-order valence-electron chi connectivity index (χ3n) is 4.26. The van der Waals surface area contributed by atoms with Gasteiger partial charge in [0.25, 0.3) is 5.56 Å². The topological polar surface area (TPSA) is 83.0 Å². The molecule has 0 saturated carbocycles. The molecule has 4 rings (SSSR count). The van der Waals surface area contributed by atoms with Crippen LogP contribution in [0, 0.1) is 6.92 Å². The van der Waals surface area contributed by atoms with Gasteiger partial charge in [0.05, 0.1) is 12.8 Å². The number of aromatic nitrogens is 4. The first-order chi connectivity index (χ1) is 13.6. The summed E-state index contributed by atoms with van der Waals surface area (Å²) in [4.78, 5) is 16.6. The zero-order valence-electron chi connectivity index (χ0n) is 15.5. The van der Waals surface area contributed by atoms with Crippen LogP contribution in [0.5, 0.6) is 5.75 Å². The van der Waals surface area contributed by atoms with Gasteiger partial charge < -0.3 is 9.26 Å². The molecule has 0 aliphatic rings.